The standard InChI is InChI=1S/C11H10Cl2N2O2/c12-7-2-1-6(3-8(7)13)9-4-11(17-15-9)10(16)5-14/h1-4,10,16H,5,14H2/t10-/m0/s1. The van der Waals surface area contributed by atoms with E-state index in [2.05, 4.69) is 5.16 Å². The first kappa shape index (κ1) is 12.4. The number of rotatable bonds is 3. The van der Waals surface area contributed by atoms with Gasteiger partial charge >= 0.3 is 0 Å². The second-order valence-electron chi connectivity index (χ2n) is 3.49. The van der Waals surface area contributed by atoms with Crippen molar-refractivity contribution in [3.8, 4) is 11.3 Å². The lowest BCUT2D eigenvalue weighted by Gasteiger charge is -2.00. The van der Waals surface area contributed by atoms with Crippen molar-refractivity contribution >= 4 is 23.2 Å². The number of nitrogens with zero attached hydrogens (tertiary/aromatic N) is 1. The van der Waals surface area contributed by atoms with Gasteiger partial charge in [0.05, 0.1) is 10.0 Å². The molecule has 1 aromatic heterocycles. The van der Waals surface area contributed by atoms with E-state index in [1.165, 1.54) is 0 Å². The van der Waals surface area contributed by atoms with Gasteiger partial charge in [-0.25, -0.2) is 0 Å². The third-order valence-corrected chi connectivity index (χ3v) is 3.03. The monoisotopic (exact) mass is 272 g/mol. The van der Waals surface area contributed by atoms with Crippen LogP contribution >= 0.6 is 23.2 Å². The number of nitrogens with two attached hydrogens (primary N) is 1. The molecule has 0 bridgehead atoms. The zero-order chi connectivity index (χ0) is 12.4. The second-order valence-corrected chi connectivity index (χ2v) is 4.31. The molecule has 0 saturated heterocycles. The summed E-state index contributed by atoms with van der Waals surface area (Å²) in [7, 11) is 0. The summed E-state index contributed by atoms with van der Waals surface area (Å²) in [5.74, 6) is 0.327. The fraction of sp³-hybridized carbons (Fsp3) is 0.182. The first-order valence-corrected chi connectivity index (χ1v) is 5.67. The number of benzene rings is 1. The number of hydrogen-bond donors (Lipinski definition) is 2. The number of aliphatic hydroxyl groups is 1. The smallest absolute Gasteiger partial charge is 0.167 e. The summed E-state index contributed by atoms with van der Waals surface area (Å²) >= 11 is 11.7. The molecule has 4 nitrogen and oxygen atoms in total. The van der Waals surface area contributed by atoms with Crippen LogP contribution in [-0.2, 0) is 0 Å². The van der Waals surface area contributed by atoms with Gasteiger partial charge in [0.1, 0.15) is 11.8 Å². The molecule has 0 unspecified atom stereocenters. The van der Waals surface area contributed by atoms with E-state index in [0.29, 0.717) is 21.5 Å². The van der Waals surface area contributed by atoms with Crippen LogP contribution in [0, 0.1) is 0 Å². The van der Waals surface area contributed by atoms with E-state index in [4.69, 9.17) is 33.5 Å². The normalized spacial score (nSPS) is 12.7. The largest absolute Gasteiger partial charge is 0.384 e. The Morgan fingerprint density at radius 2 is 2.06 bits per heavy atom. The van der Waals surface area contributed by atoms with Gasteiger partial charge in [0.2, 0.25) is 0 Å². The van der Waals surface area contributed by atoms with Crippen LogP contribution in [0.2, 0.25) is 10.0 Å². The molecule has 1 atom stereocenters. The molecule has 1 heterocycles. The van der Waals surface area contributed by atoms with Crippen molar-refractivity contribution < 1.29 is 9.63 Å². The number of aliphatic hydroxyl groups excluding tert-OH is 1. The van der Waals surface area contributed by atoms with Crippen LogP contribution in [-0.4, -0.2) is 16.8 Å². The van der Waals surface area contributed by atoms with Crippen molar-refractivity contribution in [3.05, 3.63) is 40.1 Å². The first-order chi connectivity index (χ1) is 8.11. The van der Waals surface area contributed by atoms with Crippen molar-refractivity contribution in [1.82, 2.24) is 5.16 Å². The van der Waals surface area contributed by atoms with Crippen LogP contribution in [0.15, 0.2) is 28.8 Å². The summed E-state index contributed by atoms with van der Waals surface area (Å²) in [6, 6.07) is 6.75. The highest BCUT2D eigenvalue weighted by molar-refractivity contribution is 6.42. The van der Waals surface area contributed by atoms with Gasteiger partial charge in [-0.1, -0.05) is 34.4 Å². The van der Waals surface area contributed by atoms with E-state index < -0.39 is 6.10 Å². The molecular weight excluding hydrogens is 263 g/mol. The molecule has 0 radical (unpaired) electrons. The minimum Gasteiger partial charge on any atom is -0.384 e. The Morgan fingerprint density at radius 1 is 1.29 bits per heavy atom. The maximum atomic E-state index is 9.48. The predicted octanol–water partition coefficient (Wildman–Crippen LogP) is 2.64. The molecule has 1 aromatic carbocycles. The van der Waals surface area contributed by atoms with E-state index in [-0.39, 0.29) is 6.54 Å². The molecule has 0 aliphatic heterocycles. The highest BCUT2D eigenvalue weighted by Crippen LogP contribution is 2.29. The van der Waals surface area contributed by atoms with Gasteiger partial charge in [0, 0.05) is 18.2 Å². The van der Waals surface area contributed by atoms with Crippen molar-refractivity contribution in [1.29, 1.82) is 0 Å². The van der Waals surface area contributed by atoms with Crippen molar-refractivity contribution in [2.24, 2.45) is 5.73 Å². The van der Waals surface area contributed by atoms with Crippen molar-refractivity contribution in [2.45, 2.75) is 6.10 Å². The van der Waals surface area contributed by atoms with Crippen LogP contribution in [0.5, 0.6) is 0 Å². The van der Waals surface area contributed by atoms with Crippen LogP contribution in [0.3, 0.4) is 0 Å². The molecule has 0 spiro atoms. The van der Waals surface area contributed by atoms with Gasteiger partial charge in [-0.05, 0) is 12.1 Å². The van der Waals surface area contributed by atoms with Crippen molar-refractivity contribution in [2.75, 3.05) is 6.54 Å². The predicted molar refractivity (Wildman–Crippen MR) is 66.0 cm³/mol. The van der Waals surface area contributed by atoms with Crippen LogP contribution < -0.4 is 5.73 Å². The van der Waals surface area contributed by atoms with Crippen LogP contribution in [0.1, 0.15) is 11.9 Å². The molecule has 0 aliphatic carbocycles. The molecule has 2 rings (SSSR count). The SMILES string of the molecule is NC[C@H](O)c1cc(-c2ccc(Cl)c(Cl)c2)no1. The fourth-order valence-electron chi connectivity index (χ4n) is 1.35. The maximum Gasteiger partial charge on any atom is 0.167 e. The lowest BCUT2D eigenvalue weighted by Crippen LogP contribution is -2.10. The van der Waals surface area contributed by atoms with Crippen molar-refractivity contribution in [3.63, 3.8) is 0 Å². The molecule has 0 amide bonds. The van der Waals surface area contributed by atoms with Gasteiger partial charge in [-0.15, -0.1) is 0 Å². The Labute approximate surface area is 108 Å². The summed E-state index contributed by atoms with van der Waals surface area (Å²) in [4.78, 5) is 0. The van der Waals surface area contributed by atoms with Gasteiger partial charge in [-0.3, -0.25) is 0 Å². The Hall–Kier alpha value is -1.07. The second kappa shape index (κ2) is 5.06. The minimum absolute atomic E-state index is 0.0794. The Kier molecular flexibility index (Phi) is 3.69. The zero-order valence-corrected chi connectivity index (χ0v) is 10.2. The zero-order valence-electron chi connectivity index (χ0n) is 8.73. The van der Waals surface area contributed by atoms with E-state index in [1.807, 2.05) is 0 Å². The van der Waals surface area contributed by atoms with Crippen LogP contribution in [0.4, 0.5) is 0 Å². The Bertz CT molecular complexity index is 528. The third-order valence-electron chi connectivity index (χ3n) is 2.30. The molecular formula is C11H10Cl2N2O2. The molecule has 2 aromatic rings. The maximum absolute atomic E-state index is 9.48. The summed E-state index contributed by atoms with van der Waals surface area (Å²) in [5.41, 5.74) is 6.66. The number of halogens is 2. The van der Waals surface area contributed by atoms with Gasteiger partial charge < -0.3 is 15.4 Å². The van der Waals surface area contributed by atoms with E-state index in [1.54, 1.807) is 24.3 Å². The molecule has 0 fully saturated rings. The van der Waals surface area contributed by atoms with E-state index >= 15 is 0 Å². The Morgan fingerprint density at radius 3 is 2.71 bits per heavy atom. The number of aromatic nitrogens is 1. The number of hydrogen-bond acceptors (Lipinski definition) is 4. The quantitative estimate of drug-likeness (QED) is 0.901. The fourth-order valence-corrected chi connectivity index (χ4v) is 1.65. The molecule has 6 heteroatoms. The highest BCUT2D eigenvalue weighted by Gasteiger charge is 2.13. The first-order valence-electron chi connectivity index (χ1n) is 4.92. The minimum atomic E-state index is -0.848. The Balaban J connectivity index is 2.33. The summed E-state index contributed by atoms with van der Waals surface area (Å²) in [6.45, 7) is 0.0794. The topological polar surface area (TPSA) is 72.3 Å². The van der Waals surface area contributed by atoms with Gasteiger partial charge in [0.25, 0.3) is 0 Å². The summed E-state index contributed by atoms with van der Waals surface area (Å²) < 4.78 is 4.99. The summed E-state index contributed by atoms with van der Waals surface area (Å²) in [5, 5.41) is 14.2. The molecule has 90 valence electrons. The van der Waals surface area contributed by atoms with Gasteiger partial charge in [0.15, 0.2) is 5.76 Å². The summed E-state index contributed by atoms with van der Waals surface area (Å²) in [6.07, 6.45) is -0.848. The molecule has 17 heavy (non-hydrogen) atoms. The molecule has 0 saturated carbocycles. The van der Waals surface area contributed by atoms with E-state index in [9.17, 15) is 5.11 Å². The average molecular weight is 273 g/mol. The lowest BCUT2D eigenvalue weighted by atomic mass is 10.1. The molecule has 3 N–H and O–H groups in total. The highest BCUT2D eigenvalue weighted by atomic mass is 35.5. The average Bonchev–Trinajstić information content (AvgIpc) is 2.81. The molecule has 0 aliphatic rings. The van der Waals surface area contributed by atoms with Gasteiger partial charge in [-0.2, -0.15) is 0 Å². The lowest BCUT2D eigenvalue weighted by molar-refractivity contribution is 0.147. The van der Waals surface area contributed by atoms with E-state index in [0.717, 1.165) is 5.56 Å². The third kappa shape index (κ3) is 2.61. The van der Waals surface area contributed by atoms with Crippen LogP contribution in [0.25, 0.3) is 11.3 Å².